The monoisotopic (exact) mass is 273 g/mol. The van der Waals surface area contributed by atoms with Gasteiger partial charge in [0.15, 0.2) is 11.6 Å². The first-order chi connectivity index (χ1) is 9.70. The van der Waals surface area contributed by atoms with Gasteiger partial charge in [-0.15, -0.1) is 0 Å². The summed E-state index contributed by atoms with van der Waals surface area (Å²) in [4.78, 5) is 0. The SMILES string of the molecule is CCCCC(Nc1ccc(O)c(F)c1)c1ccccc1. The molecule has 3 heteroatoms. The average Bonchev–Trinajstić information content (AvgIpc) is 2.48. The lowest BCUT2D eigenvalue weighted by molar-refractivity contribution is 0.432. The number of rotatable bonds is 6. The zero-order chi connectivity index (χ0) is 14.4. The highest BCUT2D eigenvalue weighted by Gasteiger charge is 2.11. The van der Waals surface area contributed by atoms with Gasteiger partial charge in [0.25, 0.3) is 0 Å². The summed E-state index contributed by atoms with van der Waals surface area (Å²) in [6.45, 7) is 2.16. The minimum Gasteiger partial charge on any atom is -0.505 e. The number of phenols is 1. The van der Waals surface area contributed by atoms with Crippen LogP contribution in [0.3, 0.4) is 0 Å². The van der Waals surface area contributed by atoms with Crippen LogP contribution in [0.15, 0.2) is 48.5 Å². The quantitative estimate of drug-likeness (QED) is 0.735. The highest BCUT2D eigenvalue weighted by Crippen LogP contribution is 2.27. The molecular formula is C17H20FNO. The molecule has 0 radical (unpaired) electrons. The molecule has 0 saturated carbocycles. The van der Waals surface area contributed by atoms with Gasteiger partial charge >= 0.3 is 0 Å². The summed E-state index contributed by atoms with van der Waals surface area (Å²) in [7, 11) is 0. The minimum absolute atomic E-state index is 0.153. The molecule has 0 fully saturated rings. The first-order valence-corrected chi connectivity index (χ1v) is 7.00. The largest absolute Gasteiger partial charge is 0.505 e. The van der Waals surface area contributed by atoms with Crippen molar-refractivity contribution in [1.29, 1.82) is 0 Å². The maximum atomic E-state index is 13.4. The molecule has 2 N–H and O–H groups in total. The van der Waals surface area contributed by atoms with Gasteiger partial charge in [-0.05, 0) is 24.1 Å². The Balaban J connectivity index is 2.17. The Kier molecular flexibility index (Phi) is 4.99. The molecule has 0 aliphatic carbocycles. The first-order valence-electron chi connectivity index (χ1n) is 7.00. The van der Waals surface area contributed by atoms with Crippen LogP contribution in [0.25, 0.3) is 0 Å². The average molecular weight is 273 g/mol. The molecule has 20 heavy (non-hydrogen) atoms. The van der Waals surface area contributed by atoms with Crippen molar-refractivity contribution >= 4 is 5.69 Å². The van der Waals surface area contributed by atoms with Crippen LogP contribution in [0.5, 0.6) is 5.75 Å². The van der Waals surface area contributed by atoms with Crippen molar-refractivity contribution in [3.8, 4) is 5.75 Å². The van der Waals surface area contributed by atoms with E-state index in [0.717, 1.165) is 19.3 Å². The molecule has 0 amide bonds. The van der Waals surface area contributed by atoms with E-state index in [1.54, 1.807) is 6.07 Å². The number of phenolic OH excluding ortho intramolecular Hbond substituents is 1. The van der Waals surface area contributed by atoms with Crippen LogP contribution >= 0.6 is 0 Å². The van der Waals surface area contributed by atoms with Gasteiger partial charge in [-0.3, -0.25) is 0 Å². The summed E-state index contributed by atoms with van der Waals surface area (Å²) in [5.74, 6) is -0.919. The molecule has 0 aliphatic rings. The number of anilines is 1. The molecule has 0 heterocycles. The normalized spacial score (nSPS) is 12.1. The lowest BCUT2D eigenvalue weighted by Gasteiger charge is -2.20. The number of benzene rings is 2. The number of halogens is 1. The number of hydrogen-bond donors (Lipinski definition) is 2. The zero-order valence-corrected chi connectivity index (χ0v) is 11.6. The van der Waals surface area contributed by atoms with Crippen LogP contribution in [0.1, 0.15) is 37.8 Å². The van der Waals surface area contributed by atoms with E-state index in [-0.39, 0.29) is 11.8 Å². The van der Waals surface area contributed by atoms with Gasteiger partial charge in [-0.25, -0.2) is 4.39 Å². The molecule has 0 saturated heterocycles. The van der Waals surface area contributed by atoms with E-state index in [9.17, 15) is 9.50 Å². The molecule has 2 aromatic carbocycles. The molecular weight excluding hydrogens is 253 g/mol. The molecule has 0 aromatic heterocycles. The van der Waals surface area contributed by atoms with Crippen molar-refractivity contribution in [2.24, 2.45) is 0 Å². The third kappa shape index (κ3) is 3.73. The van der Waals surface area contributed by atoms with E-state index >= 15 is 0 Å². The van der Waals surface area contributed by atoms with Gasteiger partial charge in [0.05, 0.1) is 6.04 Å². The predicted octanol–water partition coefficient (Wildman–Crippen LogP) is 4.87. The maximum absolute atomic E-state index is 13.4. The van der Waals surface area contributed by atoms with Crippen LogP contribution < -0.4 is 5.32 Å². The van der Waals surface area contributed by atoms with E-state index in [1.807, 2.05) is 18.2 Å². The number of hydrogen-bond acceptors (Lipinski definition) is 2. The lowest BCUT2D eigenvalue weighted by Crippen LogP contribution is -2.10. The predicted molar refractivity (Wildman–Crippen MR) is 80.4 cm³/mol. The van der Waals surface area contributed by atoms with Crippen LogP contribution in [-0.4, -0.2) is 5.11 Å². The highest BCUT2D eigenvalue weighted by molar-refractivity contribution is 5.48. The number of nitrogens with one attached hydrogen (secondary N) is 1. The van der Waals surface area contributed by atoms with Crippen molar-refractivity contribution in [1.82, 2.24) is 0 Å². The fraction of sp³-hybridized carbons (Fsp3) is 0.294. The van der Waals surface area contributed by atoms with E-state index in [4.69, 9.17) is 0 Å². The maximum Gasteiger partial charge on any atom is 0.166 e. The van der Waals surface area contributed by atoms with Gasteiger partial charge in [0.1, 0.15) is 0 Å². The third-order valence-electron chi connectivity index (χ3n) is 3.34. The molecule has 2 aromatic rings. The zero-order valence-electron chi connectivity index (χ0n) is 11.6. The van der Waals surface area contributed by atoms with Crippen LogP contribution in [0.4, 0.5) is 10.1 Å². The summed E-state index contributed by atoms with van der Waals surface area (Å²) in [5, 5.41) is 12.6. The van der Waals surface area contributed by atoms with Crippen LogP contribution in [0.2, 0.25) is 0 Å². The summed E-state index contributed by atoms with van der Waals surface area (Å²) in [6.07, 6.45) is 3.21. The number of unbranched alkanes of at least 4 members (excludes halogenated alkanes) is 1. The van der Waals surface area contributed by atoms with Crippen LogP contribution in [0, 0.1) is 5.82 Å². The summed E-state index contributed by atoms with van der Waals surface area (Å²) in [6, 6.07) is 14.7. The molecule has 1 atom stereocenters. The van der Waals surface area contributed by atoms with Gasteiger partial charge in [-0.2, -0.15) is 0 Å². The third-order valence-corrected chi connectivity index (χ3v) is 3.34. The van der Waals surface area contributed by atoms with E-state index in [0.29, 0.717) is 5.69 Å². The Morgan fingerprint density at radius 1 is 1.15 bits per heavy atom. The molecule has 1 unspecified atom stereocenters. The van der Waals surface area contributed by atoms with E-state index in [2.05, 4.69) is 24.4 Å². The second kappa shape index (κ2) is 6.94. The van der Waals surface area contributed by atoms with Crippen molar-refractivity contribution < 1.29 is 9.50 Å². The summed E-state index contributed by atoms with van der Waals surface area (Å²) >= 11 is 0. The van der Waals surface area contributed by atoms with Crippen molar-refractivity contribution in [2.75, 3.05) is 5.32 Å². The van der Waals surface area contributed by atoms with Gasteiger partial charge in [0, 0.05) is 11.8 Å². The Morgan fingerprint density at radius 3 is 2.55 bits per heavy atom. The van der Waals surface area contributed by atoms with E-state index < -0.39 is 5.82 Å². The molecule has 0 aliphatic heterocycles. The smallest absolute Gasteiger partial charge is 0.166 e. The Labute approximate surface area is 119 Å². The lowest BCUT2D eigenvalue weighted by atomic mass is 10.0. The van der Waals surface area contributed by atoms with Crippen molar-refractivity contribution in [3.63, 3.8) is 0 Å². The Bertz CT molecular complexity index is 542. The summed E-state index contributed by atoms with van der Waals surface area (Å²) < 4.78 is 13.4. The standard InChI is InChI=1S/C17H20FNO/c1-2-3-9-16(13-7-5-4-6-8-13)19-14-10-11-17(20)15(18)12-14/h4-8,10-12,16,19-20H,2-3,9H2,1H3. The van der Waals surface area contributed by atoms with E-state index in [1.165, 1.54) is 17.7 Å². The molecule has 2 nitrogen and oxygen atoms in total. The molecule has 106 valence electrons. The summed E-state index contributed by atoms with van der Waals surface area (Å²) in [5.41, 5.74) is 1.87. The van der Waals surface area contributed by atoms with Gasteiger partial charge in [-0.1, -0.05) is 50.1 Å². The van der Waals surface area contributed by atoms with Gasteiger partial charge in [0.2, 0.25) is 0 Å². The molecule has 0 bridgehead atoms. The fourth-order valence-electron chi connectivity index (χ4n) is 2.21. The first kappa shape index (κ1) is 14.4. The van der Waals surface area contributed by atoms with Crippen molar-refractivity contribution in [3.05, 3.63) is 59.9 Å². The Morgan fingerprint density at radius 2 is 1.90 bits per heavy atom. The number of aromatic hydroxyl groups is 1. The molecule has 2 rings (SSSR count). The Hall–Kier alpha value is -2.03. The second-order valence-corrected chi connectivity index (χ2v) is 4.92. The van der Waals surface area contributed by atoms with Gasteiger partial charge < -0.3 is 10.4 Å². The fourth-order valence-corrected chi connectivity index (χ4v) is 2.21. The topological polar surface area (TPSA) is 32.3 Å². The van der Waals surface area contributed by atoms with Crippen molar-refractivity contribution in [2.45, 2.75) is 32.2 Å². The second-order valence-electron chi connectivity index (χ2n) is 4.92. The minimum atomic E-state index is -0.600. The highest BCUT2D eigenvalue weighted by atomic mass is 19.1. The molecule has 0 spiro atoms. The van der Waals surface area contributed by atoms with Crippen LogP contribution in [-0.2, 0) is 0 Å².